The average Bonchev–Trinajstić information content (AvgIpc) is 2.76. The molecule has 1 aromatic carbocycles. The predicted octanol–water partition coefficient (Wildman–Crippen LogP) is 3.07. The van der Waals surface area contributed by atoms with Crippen molar-refractivity contribution in [1.29, 1.82) is 0 Å². The first-order chi connectivity index (χ1) is 15.7. The highest BCUT2D eigenvalue weighted by Crippen LogP contribution is 2.40. The Morgan fingerprint density at radius 2 is 1.82 bits per heavy atom. The van der Waals surface area contributed by atoms with Crippen LogP contribution in [0.1, 0.15) is 39.2 Å². The van der Waals surface area contributed by atoms with Gasteiger partial charge in [-0.2, -0.15) is 0 Å². The number of rotatable bonds is 11. The predicted molar refractivity (Wildman–Crippen MR) is 127 cm³/mol. The largest absolute Gasteiger partial charge is 0.460 e. The number of carbonyl (C=O) groups is 2. The molecule has 0 radical (unpaired) electrons. The van der Waals surface area contributed by atoms with E-state index in [4.69, 9.17) is 25.8 Å². The zero-order chi connectivity index (χ0) is 24.5. The molecule has 9 heteroatoms. The first-order valence-corrected chi connectivity index (χ1v) is 11.4. The quantitative estimate of drug-likeness (QED) is 0.252. The Kier molecular flexibility index (Phi) is 10.2. The number of aliphatic hydroxyl groups is 1. The molecule has 2 unspecified atom stereocenters. The zero-order valence-electron chi connectivity index (χ0n) is 19.7. The van der Waals surface area contributed by atoms with Gasteiger partial charge in [0.1, 0.15) is 6.61 Å². The Morgan fingerprint density at radius 3 is 2.42 bits per heavy atom. The summed E-state index contributed by atoms with van der Waals surface area (Å²) in [6.07, 6.45) is -1.03. The summed E-state index contributed by atoms with van der Waals surface area (Å²) in [6.45, 7) is 7.70. The third kappa shape index (κ3) is 7.22. The second-order valence-corrected chi connectivity index (χ2v) is 8.34. The number of methoxy groups -OCH3 is 1. The van der Waals surface area contributed by atoms with Gasteiger partial charge in [0, 0.05) is 30.7 Å². The third-order valence-corrected chi connectivity index (χ3v) is 5.36. The molecule has 182 valence electrons. The summed E-state index contributed by atoms with van der Waals surface area (Å²) in [5.74, 6) is -1.65. The minimum absolute atomic E-state index is 0.0885. The second kappa shape index (κ2) is 12.6. The molecule has 2 atom stereocenters. The number of nitrogens with one attached hydrogen (secondary N) is 2. The van der Waals surface area contributed by atoms with Crippen LogP contribution in [0, 0.1) is 0 Å². The van der Waals surface area contributed by atoms with Gasteiger partial charge in [-0.15, -0.1) is 11.6 Å². The van der Waals surface area contributed by atoms with E-state index in [1.165, 1.54) is 7.11 Å². The Labute approximate surface area is 199 Å². The number of ether oxygens (including phenoxy) is 3. The molecular formula is C24H33ClN2O6. The highest BCUT2D eigenvalue weighted by Gasteiger charge is 2.38. The molecule has 1 aromatic rings. The van der Waals surface area contributed by atoms with Gasteiger partial charge >= 0.3 is 11.9 Å². The Hall–Kier alpha value is -2.55. The molecule has 8 nitrogen and oxygen atoms in total. The first kappa shape index (κ1) is 26.7. The molecule has 0 saturated carbocycles. The van der Waals surface area contributed by atoms with Gasteiger partial charge in [0.2, 0.25) is 0 Å². The lowest BCUT2D eigenvalue weighted by Gasteiger charge is -2.31. The van der Waals surface area contributed by atoms with Crippen LogP contribution in [0.5, 0.6) is 0 Å². The third-order valence-electron chi connectivity index (χ3n) is 5.00. The summed E-state index contributed by atoms with van der Waals surface area (Å²) in [4.78, 5) is 26.2. The van der Waals surface area contributed by atoms with Crippen LogP contribution in [0.3, 0.4) is 0 Å². The fourth-order valence-corrected chi connectivity index (χ4v) is 3.67. The van der Waals surface area contributed by atoms with Crippen LogP contribution >= 0.6 is 11.6 Å². The van der Waals surface area contributed by atoms with Crippen molar-refractivity contribution in [2.24, 2.45) is 0 Å². The van der Waals surface area contributed by atoms with Crippen LogP contribution in [0.4, 0.5) is 5.69 Å². The lowest BCUT2D eigenvalue weighted by Crippen LogP contribution is -2.33. The highest BCUT2D eigenvalue weighted by molar-refractivity contribution is 6.18. The number of esters is 2. The molecule has 0 aromatic heterocycles. The first-order valence-electron chi connectivity index (χ1n) is 10.8. The van der Waals surface area contributed by atoms with Crippen molar-refractivity contribution < 1.29 is 28.9 Å². The van der Waals surface area contributed by atoms with E-state index in [-0.39, 0.29) is 31.7 Å². The lowest BCUT2D eigenvalue weighted by atomic mass is 9.80. The smallest absolute Gasteiger partial charge is 0.337 e. The zero-order valence-corrected chi connectivity index (χ0v) is 20.5. The monoisotopic (exact) mass is 480 g/mol. The Bertz CT molecular complexity index is 912. The van der Waals surface area contributed by atoms with Gasteiger partial charge in [0.15, 0.2) is 0 Å². The van der Waals surface area contributed by atoms with Crippen LogP contribution in [0.25, 0.3) is 0 Å². The molecular weight excluding hydrogens is 448 g/mol. The molecule has 1 aliphatic rings. The Morgan fingerprint density at radius 1 is 1.15 bits per heavy atom. The fraction of sp³-hybridized carbons (Fsp3) is 0.500. The van der Waals surface area contributed by atoms with Gasteiger partial charge < -0.3 is 30.0 Å². The maximum atomic E-state index is 13.1. The van der Waals surface area contributed by atoms with Crippen molar-refractivity contribution >= 4 is 29.2 Å². The van der Waals surface area contributed by atoms with Crippen LogP contribution < -0.4 is 10.6 Å². The SMILES string of the molecule is COCCOC(=O)C1=C(C)NC(C)=C(C(=O)OC(C)C)C1c1cccc(NCC(O)CCl)c1. The number of hydrogen-bond donors (Lipinski definition) is 3. The van der Waals surface area contributed by atoms with Crippen LogP contribution in [0.15, 0.2) is 46.8 Å². The molecule has 3 N–H and O–H groups in total. The van der Waals surface area contributed by atoms with Crippen molar-refractivity contribution in [3.05, 3.63) is 52.4 Å². The van der Waals surface area contributed by atoms with Gasteiger partial charge in [-0.1, -0.05) is 12.1 Å². The van der Waals surface area contributed by atoms with E-state index in [0.29, 0.717) is 33.8 Å². The minimum atomic E-state index is -0.707. The normalized spacial score (nSPS) is 17.0. The van der Waals surface area contributed by atoms with Crippen LogP contribution in [0.2, 0.25) is 0 Å². The van der Waals surface area contributed by atoms with Gasteiger partial charge in [-0.3, -0.25) is 0 Å². The number of halogens is 1. The van der Waals surface area contributed by atoms with E-state index in [0.717, 1.165) is 0 Å². The molecule has 1 heterocycles. The molecule has 0 fully saturated rings. The summed E-state index contributed by atoms with van der Waals surface area (Å²) >= 11 is 5.68. The van der Waals surface area contributed by atoms with Gasteiger partial charge in [0.25, 0.3) is 0 Å². The summed E-state index contributed by atoms with van der Waals surface area (Å²) < 4.78 is 15.9. The number of carbonyl (C=O) groups excluding carboxylic acids is 2. The van der Waals surface area contributed by atoms with E-state index in [2.05, 4.69) is 10.6 Å². The number of benzene rings is 1. The highest BCUT2D eigenvalue weighted by atomic mass is 35.5. The number of anilines is 1. The number of alkyl halides is 1. The molecule has 0 amide bonds. The summed E-state index contributed by atoms with van der Waals surface area (Å²) in [5.41, 5.74) is 3.28. The number of hydrogen-bond acceptors (Lipinski definition) is 8. The molecule has 1 aliphatic heterocycles. The maximum absolute atomic E-state index is 13.1. The maximum Gasteiger partial charge on any atom is 0.337 e. The summed E-state index contributed by atoms with van der Waals surface area (Å²) in [7, 11) is 1.52. The van der Waals surface area contributed by atoms with Crippen molar-refractivity contribution in [1.82, 2.24) is 5.32 Å². The number of allylic oxidation sites excluding steroid dienone is 2. The lowest BCUT2D eigenvalue weighted by molar-refractivity contribution is -0.143. The molecule has 0 bridgehead atoms. The van der Waals surface area contributed by atoms with Crippen molar-refractivity contribution in [3.63, 3.8) is 0 Å². The molecule has 0 saturated heterocycles. The fourth-order valence-electron chi connectivity index (χ4n) is 3.56. The molecule has 0 aliphatic carbocycles. The average molecular weight is 481 g/mol. The van der Waals surface area contributed by atoms with Crippen LogP contribution in [-0.4, -0.2) is 62.0 Å². The van der Waals surface area contributed by atoms with E-state index < -0.39 is 24.0 Å². The van der Waals surface area contributed by atoms with Gasteiger partial charge in [-0.25, -0.2) is 9.59 Å². The molecule has 33 heavy (non-hydrogen) atoms. The van der Waals surface area contributed by atoms with Gasteiger partial charge in [0.05, 0.1) is 41.8 Å². The summed E-state index contributed by atoms with van der Waals surface area (Å²) in [6, 6.07) is 7.32. The summed E-state index contributed by atoms with van der Waals surface area (Å²) in [5, 5.41) is 16.0. The standard InChI is InChI=1S/C24H33ClN2O6/c1-14(2)33-24(30)21-16(4)27-15(3)20(23(29)32-10-9-31-5)22(21)17-7-6-8-18(11-17)26-13-19(28)12-25/h6-8,11,14,19,22,26-28H,9-10,12-13H2,1-5H3. The van der Waals surface area contributed by atoms with Gasteiger partial charge in [-0.05, 0) is 45.4 Å². The van der Waals surface area contributed by atoms with E-state index in [1.807, 2.05) is 24.3 Å². The van der Waals surface area contributed by atoms with Crippen molar-refractivity contribution in [2.45, 2.75) is 45.8 Å². The van der Waals surface area contributed by atoms with Crippen molar-refractivity contribution in [3.8, 4) is 0 Å². The molecule has 2 rings (SSSR count). The second-order valence-electron chi connectivity index (χ2n) is 8.03. The van der Waals surface area contributed by atoms with E-state index in [9.17, 15) is 14.7 Å². The molecule has 0 spiro atoms. The topological polar surface area (TPSA) is 106 Å². The number of dihydropyridines is 1. The van der Waals surface area contributed by atoms with E-state index >= 15 is 0 Å². The minimum Gasteiger partial charge on any atom is -0.460 e. The van der Waals surface area contributed by atoms with Crippen LogP contribution in [-0.2, 0) is 23.8 Å². The van der Waals surface area contributed by atoms with Crippen molar-refractivity contribution in [2.75, 3.05) is 38.1 Å². The Balaban J connectivity index is 2.51. The number of aliphatic hydroxyl groups excluding tert-OH is 1. The van der Waals surface area contributed by atoms with E-state index in [1.54, 1.807) is 27.7 Å².